The third kappa shape index (κ3) is 5.03. The van der Waals surface area contributed by atoms with E-state index < -0.39 is 11.9 Å². The van der Waals surface area contributed by atoms with Crippen molar-refractivity contribution in [3.63, 3.8) is 0 Å². The normalized spacial score (nSPS) is 14.7. The molecule has 9 heteroatoms. The lowest BCUT2D eigenvalue weighted by Crippen LogP contribution is -2.36. The van der Waals surface area contributed by atoms with Gasteiger partial charge in [-0.05, 0) is 25.7 Å². The maximum absolute atomic E-state index is 12.9. The summed E-state index contributed by atoms with van der Waals surface area (Å²) >= 11 is 5.90. The Morgan fingerprint density at radius 1 is 1.29 bits per heavy atom. The molecule has 1 aliphatic rings. The van der Waals surface area contributed by atoms with Gasteiger partial charge in [0.05, 0.1) is 10.7 Å². The number of amides is 2. The van der Waals surface area contributed by atoms with Crippen molar-refractivity contribution in [1.29, 1.82) is 0 Å². The second-order valence-corrected chi connectivity index (χ2v) is 6.31. The Bertz CT molecular complexity index is 570. The van der Waals surface area contributed by atoms with Gasteiger partial charge in [-0.25, -0.2) is 4.79 Å². The van der Waals surface area contributed by atoms with Crippen molar-refractivity contribution in [1.82, 2.24) is 20.4 Å². The summed E-state index contributed by atoms with van der Waals surface area (Å²) in [6.07, 6.45) is -0.503. The van der Waals surface area contributed by atoms with Crippen LogP contribution in [0.2, 0.25) is 5.02 Å². The van der Waals surface area contributed by atoms with Crippen LogP contribution in [0.4, 0.5) is 18.0 Å². The Morgan fingerprint density at radius 3 is 2.46 bits per heavy atom. The maximum Gasteiger partial charge on any atom is 0.436 e. The molecule has 1 fully saturated rings. The van der Waals surface area contributed by atoms with E-state index in [0.717, 1.165) is 25.7 Å². The number of aryl methyl sites for hydroxylation is 1. The van der Waals surface area contributed by atoms with Crippen LogP contribution >= 0.6 is 11.6 Å². The molecule has 0 unspecified atom stereocenters. The molecule has 1 aromatic rings. The number of hydrogen-bond donors (Lipinski definition) is 2. The first-order valence-electron chi connectivity index (χ1n) is 8.19. The molecule has 1 aromatic heterocycles. The van der Waals surface area contributed by atoms with Crippen LogP contribution in [0.5, 0.6) is 0 Å². The Labute approximate surface area is 143 Å². The highest BCUT2D eigenvalue weighted by molar-refractivity contribution is 6.32. The number of nitrogens with one attached hydrogen (secondary N) is 2. The van der Waals surface area contributed by atoms with Crippen molar-refractivity contribution in [2.24, 2.45) is 0 Å². The molecule has 0 aliphatic heterocycles. The zero-order chi connectivity index (χ0) is 17.7. The minimum Gasteiger partial charge on any atom is -0.338 e. The molecule has 2 amide bonds. The molecule has 1 heterocycles. The largest absolute Gasteiger partial charge is 0.436 e. The first-order chi connectivity index (χ1) is 11.3. The third-order valence-electron chi connectivity index (χ3n) is 3.81. The van der Waals surface area contributed by atoms with Gasteiger partial charge < -0.3 is 10.6 Å². The summed E-state index contributed by atoms with van der Waals surface area (Å²) in [4.78, 5) is 11.5. The molecule has 1 aliphatic carbocycles. The van der Waals surface area contributed by atoms with E-state index in [9.17, 15) is 18.0 Å². The SMILES string of the molecule is CCCCNC(=O)NCCCn1nc(C(F)(F)F)c(Cl)c1C1CC1. The van der Waals surface area contributed by atoms with Crippen molar-refractivity contribution < 1.29 is 18.0 Å². The second kappa shape index (κ2) is 8.09. The predicted molar refractivity (Wildman–Crippen MR) is 85.1 cm³/mol. The van der Waals surface area contributed by atoms with Gasteiger partial charge in [-0.2, -0.15) is 18.3 Å². The number of carbonyl (C=O) groups is 1. The number of rotatable bonds is 8. The van der Waals surface area contributed by atoms with Crippen molar-refractivity contribution >= 4 is 17.6 Å². The van der Waals surface area contributed by atoms with Crippen LogP contribution in [0.3, 0.4) is 0 Å². The molecular formula is C15H22ClF3N4O. The lowest BCUT2D eigenvalue weighted by Gasteiger charge is -2.09. The summed E-state index contributed by atoms with van der Waals surface area (Å²) in [5, 5.41) is 8.76. The van der Waals surface area contributed by atoms with Crippen LogP contribution in [-0.2, 0) is 12.7 Å². The third-order valence-corrected chi connectivity index (χ3v) is 4.18. The molecule has 0 spiro atoms. The van der Waals surface area contributed by atoms with Crippen LogP contribution in [-0.4, -0.2) is 28.9 Å². The molecule has 0 bridgehead atoms. The molecule has 0 aromatic carbocycles. The van der Waals surface area contributed by atoms with Gasteiger partial charge in [0, 0.05) is 25.6 Å². The lowest BCUT2D eigenvalue weighted by atomic mass is 10.2. The zero-order valence-electron chi connectivity index (χ0n) is 13.5. The fraction of sp³-hybridized carbons (Fsp3) is 0.733. The summed E-state index contributed by atoms with van der Waals surface area (Å²) in [6.45, 7) is 3.29. The summed E-state index contributed by atoms with van der Waals surface area (Å²) in [5.41, 5.74) is -0.548. The van der Waals surface area contributed by atoms with E-state index >= 15 is 0 Å². The molecule has 24 heavy (non-hydrogen) atoms. The summed E-state index contributed by atoms with van der Waals surface area (Å²) in [7, 11) is 0. The van der Waals surface area contributed by atoms with Crippen molar-refractivity contribution in [3.05, 3.63) is 16.4 Å². The first-order valence-corrected chi connectivity index (χ1v) is 8.57. The van der Waals surface area contributed by atoms with Gasteiger partial charge in [-0.15, -0.1) is 0 Å². The van der Waals surface area contributed by atoms with Gasteiger partial charge >= 0.3 is 12.2 Å². The second-order valence-electron chi connectivity index (χ2n) is 5.93. The molecule has 0 atom stereocenters. The number of aromatic nitrogens is 2. The Hall–Kier alpha value is -1.44. The fourth-order valence-corrected chi connectivity index (χ4v) is 2.82. The number of carbonyl (C=O) groups excluding carboxylic acids is 1. The van der Waals surface area contributed by atoms with E-state index in [2.05, 4.69) is 15.7 Å². The number of nitrogens with zero attached hydrogens (tertiary/aromatic N) is 2. The van der Waals surface area contributed by atoms with E-state index in [1.807, 2.05) is 6.92 Å². The summed E-state index contributed by atoms with van der Waals surface area (Å²) in [6, 6.07) is -0.264. The van der Waals surface area contributed by atoms with Crippen molar-refractivity contribution in [2.75, 3.05) is 13.1 Å². The van der Waals surface area contributed by atoms with E-state index in [-0.39, 0.29) is 23.5 Å². The summed E-state index contributed by atoms with van der Waals surface area (Å²) < 4.78 is 40.2. The van der Waals surface area contributed by atoms with Gasteiger partial charge in [-0.3, -0.25) is 4.68 Å². The minimum atomic E-state index is -4.55. The number of urea groups is 1. The average molecular weight is 367 g/mol. The Morgan fingerprint density at radius 2 is 1.92 bits per heavy atom. The van der Waals surface area contributed by atoms with Crippen molar-refractivity contribution in [3.8, 4) is 0 Å². The van der Waals surface area contributed by atoms with Gasteiger partial charge in [0.2, 0.25) is 0 Å². The van der Waals surface area contributed by atoms with E-state index in [1.54, 1.807) is 0 Å². The molecule has 2 N–H and O–H groups in total. The van der Waals surface area contributed by atoms with Crippen LogP contribution in [0.1, 0.15) is 56.3 Å². The molecular weight excluding hydrogens is 345 g/mol. The van der Waals surface area contributed by atoms with E-state index in [0.29, 0.717) is 25.2 Å². The molecule has 0 saturated heterocycles. The summed E-state index contributed by atoms with van der Waals surface area (Å²) in [5.74, 6) is 0.0615. The van der Waals surface area contributed by atoms with Crippen LogP contribution in [0, 0.1) is 0 Å². The highest BCUT2D eigenvalue weighted by atomic mass is 35.5. The Kier molecular flexibility index (Phi) is 6.37. The van der Waals surface area contributed by atoms with Gasteiger partial charge in [0.15, 0.2) is 5.69 Å². The molecule has 1 saturated carbocycles. The quantitative estimate of drug-likeness (QED) is 0.685. The fourth-order valence-electron chi connectivity index (χ4n) is 2.42. The molecule has 5 nitrogen and oxygen atoms in total. The number of alkyl halides is 3. The number of halogens is 4. The zero-order valence-corrected chi connectivity index (χ0v) is 14.3. The highest BCUT2D eigenvalue weighted by Crippen LogP contribution is 2.46. The Balaban J connectivity index is 1.87. The van der Waals surface area contributed by atoms with Crippen LogP contribution < -0.4 is 10.6 Å². The highest BCUT2D eigenvalue weighted by Gasteiger charge is 2.41. The van der Waals surface area contributed by atoms with Gasteiger partial charge in [0.1, 0.15) is 0 Å². The maximum atomic E-state index is 12.9. The first kappa shape index (κ1) is 18.9. The van der Waals surface area contributed by atoms with Crippen molar-refractivity contribution in [2.45, 2.75) is 57.7 Å². The predicted octanol–water partition coefficient (Wildman–Crippen LogP) is 3.92. The van der Waals surface area contributed by atoms with E-state index in [1.165, 1.54) is 4.68 Å². The average Bonchev–Trinajstić information content (AvgIpc) is 3.27. The minimum absolute atomic E-state index is 0.0615. The number of hydrogen-bond acceptors (Lipinski definition) is 2. The molecule has 136 valence electrons. The van der Waals surface area contributed by atoms with Gasteiger partial charge in [0.25, 0.3) is 0 Å². The molecule has 2 rings (SSSR count). The number of unbranched alkanes of at least 4 members (excludes halogenated alkanes) is 1. The lowest BCUT2D eigenvalue weighted by molar-refractivity contribution is -0.141. The van der Waals surface area contributed by atoms with Crippen LogP contribution in [0.25, 0.3) is 0 Å². The van der Waals surface area contributed by atoms with Gasteiger partial charge in [-0.1, -0.05) is 24.9 Å². The smallest absolute Gasteiger partial charge is 0.338 e. The topological polar surface area (TPSA) is 59.0 Å². The monoisotopic (exact) mass is 366 g/mol. The van der Waals surface area contributed by atoms with E-state index in [4.69, 9.17) is 11.6 Å². The molecule has 0 radical (unpaired) electrons. The standard InChI is InChI=1S/C15H22ClF3N4O/c1-2-3-7-20-14(24)21-8-4-9-23-12(10-5-6-10)11(16)13(22-23)15(17,18)19/h10H,2-9H2,1H3,(H2,20,21,24). The van der Waals surface area contributed by atoms with Crippen LogP contribution in [0.15, 0.2) is 0 Å².